The molecule has 0 aliphatic rings. The predicted octanol–water partition coefficient (Wildman–Crippen LogP) is 4.82. The molecule has 8 heteroatoms. The molecule has 0 fully saturated rings. The summed E-state index contributed by atoms with van der Waals surface area (Å²) in [6.45, 7) is 3.55. The number of rotatable bonds is 4. The Bertz CT molecular complexity index is 728. The van der Waals surface area contributed by atoms with Crippen LogP contribution in [0.25, 0.3) is 0 Å². The van der Waals surface area contributed by atoms with Crippen molar-refractivity contribution in [2.45, 2.75) is 26.3 Å². The number of aryl methyl sites for hydroxylation is 1. The van der Waals surface area contributed by atoms with Crippen molar-refractivity contribution in [1.82, 2.24) is 15.3 Å². The molecule has 2 heterocycles. The lowest BCUT2D eigenvalue weighted by atomic mass is 10.1. The van der Waals surface area contributed by atoms with E-state index in [0.29, 0.717) is 32.0 Å². The van der Waals surface area contributed by atoms with E-state index in [2.05, 4.69) is 15.3 Å². The first-order valence-corrected chi connectivity index (χ1v) is 8.21. The fourth-order valence-electron chi connectivity index (χ4n) is 2.05. The van der Waals surface area contributed by atoms with Gasteiger partial charge < -0.3 is 5.32 Å². The van der Waals surface area contributed by atoms with E-state index in [1.54, 1.807) is 26.0 Å². The molecule has 0 bridgehead atoms. The number of pyridine rings is 2. The largest absolute Gasteiger partial charge is 0.348 e. The average Bonchev–Trinajstić information content (AvgIpc) is 2.42. The Morgan fingerprint density at radius 2 is 1.91 bits per heavy atom. The van der Waals surface area contributed by atoms with Crippen LogP contribution in [0.2, 0.25) is 20.2 Å². The molecule has 0 saturated carbocycles. The minimum Gasteiger partial charge on any atom is -0.348 e. The van der Waals surface area contributed by atoms with E-state index in [0.717, 1.165) is 0 Å². The highest BCUT2D eigenvalue weighted by Gasteiger charge is 2.17. The number of aromatic nitrogens is 2. The first-order chi connectivity index (χ1) is 10.8. The van der Waals surface area contributed by atoms with E-state index in [-0.39, 0.29) is 23.5 Å². The fourth-order valence-corrected chi connectivity index (χ4v) is 3.25. The van der Waals surface area contributed by atoms with Crippen LogP contribution >= 0.6 is 46.4 Å². The molecule has 2 aromatic heterocycles. The van der Waals surface area contributed by atoms with Crippen LogP contribution in [-0.2, 0) is 11.2 Å². The second-order valence-corrected chi connectivity index (χ2v) is 6.61. The third-order valence-electron chi connectivity index (χ3n) is 3.11. The van der Waals surface area contributed by atoms with Gasteiger partial charge in [-0.1, -0.05) is 46.4 Å². The summed E-state index contributed by atoms with van der Waals surface area (Å²) in [5.41, 5.74) is 1.71. The summed E-state index contributed by atoms with van der Waals surface area (Å²) in [5.74, 6) is -0.264. The van der Waals surface area contributed by atoms with Gasteiger partial charge in [0.25, 0.3) is 0 Å². The van der Waals surface area contributed by atoms with Gasteiger partial charge in [0, 0.05) is 22.5 Å². The minimum absolute atomic E-state index is 0.0144. The van der Waals surface area contributed by atoms with E-state index >= 15 is 0 Å². The molecule has 0 aliphatic carbocycles. The van der Waals surface area contributed by atoms with Gasteiger partial charge in [0.15, 0.2) is 0 Å². The molecule has 4 nitrogen and oxygen atoms in total. The molecule has 0 spiro atoms. The van der Waals surface area contributed by atoms with Gasteiger partial charge in [-0.25, -0.2) is 4.98 Å². The molecule has 1 atom stereocenters. The lowest BCUT2D eigenvalue weighted by Gasteiger charge is -2.15. The summed E-state index contributed by atoms with van der Waals surface area (Å²) in [6.07, 6.45) is 1.49. The van der Waals surface area contributed by atoms with E-state index in [1.807, 2.05) is 0 Å². The van der Waals surface area contributed by atoms with Crippen LogP contribution in [0.4, 0.5) is 0 Å². The number of nitrogens with zero attached hydrogens (tertiary/aromatic N) is 2. The molecular formula is C15H13Cl4N3O. The van der Waals surface area contributed by atoms with Crippen LogP contribution in [0, 0.1) is 6.92 Å². The number of halogens is 4. The molecule has 1 N–H and O–H groups in total. The maximum atomic E-state index is 12.2. The maximum Gasteiger partial charge on any atom is 0.225 e. The predicted molar refractivity (Wildman–Crippen MR) is 93.5 cm³/mol. The van der Waals surface area contributed by atoms with Crippen molar-refractivity contribution in [1.29, 1.82) is 0 Å². The molecule has 1 unspecified atom stereocenters. The highest BCUT2D eigenvalue weighted by atomic mass is 35.5. The number of hydrogen-bond acceptors (Lipinski definition) is 3. The standard InChI is InChI=1S/C15H13Cl4N3O/c1-7-3-11(17)10(15(19)21-7)5-13(23)22-8(2)14-12(18)4-9(16)6-20-14/h3-4,6,8H,5H2,1-2H3,(H,22,23). The number of hydrogen-bond donors (Lipinski definition) is 1. The van der Waals surface area contributed by atoms with Gasteiger partial charge in [0.05, 0.1) is 28.2 Å². The molecule has 1 amide bonds. The van der Waals surface area contributed by atoms with Gasteiger partial charge >= 0.3 is 0 Å². The van der Waals surface area contributed by atoms with Gasteiger partial charge in [0.2, 0.25) is 5.91 Å². The molecule has 122 valence electrons. The topological polar surface area (TPSA) is 54.9 Å². The summed E-state index contributed by atoms with van der Waals surface area (Å²) in [6, 6.07) is 2.85. The second kappa shape index (κ2) is 7.67. The van der Waals surface area contributed by atoms with Crippen molar-refractivity contribution in [2.75, 3.05) is 0 Å². The Morgan fingerprint density at radius 3 is 2.52 bits per heavy atom. The minimum atomic E-state index is -0.386. The van der Waals surface area contributed by atoms with Crippen molar-refractivity contribution in [3.8, 4) is 0 Å². The first kappa shape index (κ1) is 18.3. The summed E-state index contributed by atoms with van der Waals surface area (Å²) in [4.78, 5) is 20.5. The summed E-state index contributed by atoms with van der Waals surface area (Å²) in [7, 11) is 0. The molecular weight excluding hydrogens is 380 g/mol. The maximum absolute atomic E-state index is 12.2. The molecule has 2 rings (SSSR count). The number of carbonyl (C=O) groups is 1. The van der Waals surface area contributed by atoms with Crippen LogP contribution in [0.1, 0.15) is 29.9 Å². The zero-order chi connectivity index (χ0) is 17.1. The van der Waals surface area contributed by atoms with Crippen molar-refractivity contribution in [3.63, 3.8) is 0 Å². The molecule has 0 saturated heterocycles. The molecule has 0 aromatic carbocycles. The number of carbonyl (C=O) groups excluding carboxylic acids is 1. The Morgan fingerprint density at radius 1 is 1.22 bits per heavy atom. The van der Waals surface area contributed by atoms with Gasteiger partial charge in [-0.15, -0.1) is 0 Å². The Kier molecular flexibility index (Phi) is 6.09. The Labute approximate surface area is 154 Å². The van der Waals surface area contributed by atoms with Gasteiger partial charge in [-0.2, -0.15) is 0 Å². The van der Waals surface area contributed by atoms with Crippen molar-refractivity contribution < 1.29 is 4.79 Å². The average molecular weight is 393 g/mol. The zero-order valence-corrected chi connectivity index (χ0v) is 15.4. The van der Waals surface area contributed by atoms with Crippen LogP contribution in [0.3, 0.4) is 0 Å². The van der Waals surface area contributed by atoms with E-state index in [4.69, 9.17) is 46.4 Å². The van der Waals surface area contributed by atoms with E-state index < -0.39 is 0 Å². The Balaban J connectivity index is 2.10. The zero-order valence-electron chi connectivity index (χ0n) is 12.3. The summed E-state index contributed by atoms with van der Waals surface area (Å²) < 4.78 is 0. The SMILES string of the molecule is Cc1cc(Cl)c(CC(=O)NC(C)c2ncc(Cl)cc2Cl)c(Cl)n1. The summed E-state index contributed by atoms with van der Waals surface area (Å²) in [5, 5.41) is 4.25. The first-order valence-electron chi connectivity index (χ1n) is 6.69. The highest BCUT2D eigenvalue weighted by molar-refractivity contribution is 6.36. The normalized spacial score (nSPS) is 12.1. The van der Waals surface area contributed by atoms with Crippen molar-refractivity contribution >= 4 is 52.3 Å². The van der Waals surface area contributed by atoms with Gasteiger partial charge in [-0.05, 0) is 26.0 Å². The van der Waals surface area contributed by atoms with Gasteiger partial charge in [0.1, 0.15) is 5.15 Å². The number of nitrogens with one attached hydrogen (secondary N) is 1. The van der Waals surface area contributed by atoms with E-state index in [1.165, 1.54) is 6.20 Å². The van der Waals surface area contributed by atoms with Gasteiger partial charge in [-0.3, -0.25) is 9.78 Å². The smallest absolute Gasteiger partial charge is 0.225 e. The highest BCUT2D eigenvalue weighted by Crippen LogP contribution is 2.26. The quantitative estimate of drug-likeness (QED) is 0.759. The molecule has 0 radical (unpaired) electrons. The van der Waals surface area contributed by atoms with E-state index in [9.17, 15) is 4.79 Å². The Hall–Kier alpha value is -1.07. The summed E-state index contributed by atoms with van der Waals surface area (Å²) >= 11 is 24.1. The molecule has 0 aliphatic heterocycles. The third kappa shape index (κ3) is 4.70. The fraction of sp³-hybridized carbons (Fsp3) is 0.267. The van der Waals surface area contributed by atoms with Crippen LogP contribution in [0.15, 0.2) is 18.3 Å². The van der Waals surface area contributed by atoms with Crippen molar-refractivity contribution in [2.24, 2.45) is 0 Å². The lowest BCUT2D eigenvalue weighted by Crippen LogP contribution is -2.29. The third-order valence-corrected chi connectivity index (χ3v) is 4.27. The number of amides is 1. The van der Waals surface area contributed by atoms with Crippen LogP contribution < -0.4 is 5.32 Å². The lowest BCUT2D eigenvalue weighted by molar-refractivity contribution is -0.121. The molecule has 23 heavy (non-hydrogen) atoms. The van der Waals surface area contributed by atoms with Crippen LogP contribution in [-0.4, -0.2) is 15.9 Å². The van der Waals surface area contributed by atoms with Crippen molar-refractivity contribution in [3.05, 3.63) is 55.5 Å². The monoisotopic (exact) mass is 391 g/mol. The molecule has 2 aromatic rings. The second-order valence-electron chi connectivity index (χ2n) is 5.00. The van der Waals surface area contributed by atoms with Crippen LogP contribution in [0.5, 0.6) is 0 Å².